The molecule has 2 fully saturated rings. The van der Waals surface area contributed by atoms with Crippen LogP contribution in [0.1, 0.15) is 60.3 Å². The lowest BCUT2D eigenvalue weighted by molar-refractivity contribution is -0.157. The molecule has 4 atom stereocenters. The molecule has 2 rings (SSSR count). The van der Waals surface area contributed by atoms with E-state index in [0.717, 1.165) is 0 Å². The van der Waals surface area contributed by atoms with E-state index >= 15 is 0 Å². The summed E-state index contributed by atoms with van der Waals surface area (Å²) in [6.07, 6.45) is 2.22. The summed E-state index contributed by atoms with van der Waals surface area (Å²) in [5.74, 6) is -1.15. The maximum atomic E-state index is 11.8. The molecule has 0 aromatic heterocycles. The highest BCUT2D eigenvalue weighted by Crippen LogP contribution is 2.28. The Morgan fingerprint density at radius 1 is 1.06 bits per heavy atom. The van der Waals surface area contributed by atoms with Gasteiger partial charge in [0.1, 0.15) is 11.6 Å². The number of aliphatic carboxylic acids is 1. The maximum Gasteiger partial charge on any atom is 0.329 e. The van der Waals surface area contributed by atoms with Crippen molar-refractivity contribution >= 4 is 23.8 Å². The van der Waals surface area contributed by atoms with Crippen LogP contribution in [0.4, 0.5) is 0 Å². The van der Waals surface area contributed by atoms with E-state index in [9.17, 15) is 24.3 Å². The predicted octanol–water partition coefficient (Wildman–Crippen LogP) is 0.569. The molecule has 0 aliphatic carbocycles. The van der Waals surface area contributed by atoms with Gasteiger partial charge < -0.3 is 31.1 Å². The first-order valence-electron chi connectivity index (χ1n) is 11.2. The van der Waals surface area contributed by atoms with Crippen LogP contribution in [-0.2, 0) is 23.9 Å². The lowest BCUT2D eigenvalue weighted by atomic mass is 9.89. The van der Waals surface area contributed by atoms with Crippen LogP contribution < -0.4 is 11.5 Å². The van der Waals surface area contributed by atoms with Gasteiger partial charge in [0.15, 0.2) is 0 Å². The van der Waals surface area contributed by atoms with Gasteiger partial charge in [-0.3, -0.25) is 9.59 Å². The first-order chi connectivity index (χ1) is 14.8. The maximum absolute atomic E-state index is 11.8. The number of ether oxygens (including phenoxy) is 1. The molecule has 0 bridgehead atoms. The van der Waals surface area contributed by atoms with E-state index in [-0.39, 0.29) is 23.7 Å². The van der Waals surface area contributed by atoms with Crippen molar-refractivity contribution in [1.29, 1.82) is 0 Å². The second-order valence-corrected chi connectivity index (χ2v) is 9.66. The van der Waals surface area contributed by atoms with Crippen molar-refractivity contribution in [3.8, 4) is 0 Å². The number of hydrogen-bond donors (Lipinski definition) is 3. The van der Waals surface area contributed by atoms with Crippen molar-refractivity contribution in [2.75, 3.05) is 20.2 Å². The molecule has 10 nitrogen and oxygen atoms in total. The molecule has 2 aliphatic heterocycles. The van der Waals surface area contributed by atoms with Gasteiger partial charge >= 0.3 is 11.9 Å². The molecule has 0 spiro atoms. The Hall–Kier alpha value is -2.20. The molecule has 2 aliphatic rings. The minimum Gasteiger partial charge on any atom is -0.480 e. The fraction of sp³-hybridized carbons (Fsp3) is 0.818. The molecule has 0 radical (unpaired) electrons. The lowest BCUT2D eigenvalue weighted by Gasteiger charge is -2.36. The summed E-state index contributed by atoms with van der Waals surface area (Å²) in [7, 11) is 1.34. The zero-order valence-electron chi connectivity index (χ0n) is 20.2. The topological polar surface area (TPSA) is 156 Å². The van der Waals surface area contributed by atoms with Crippen LogP contribution in [0.2, 0.25) is 0 Å². The third-order valence-electron chi connectivity index (χ3n) is 5.93. The van der Waals surface area contributed by atoms with Crippen LogP contribution in [0, 0.1) is 11.8 Å². The van der Waals surface area contributed by atoms with Gasteiger partial charge in [-0.1, -0.05) is 27.7 Å². The molecule has 2 saturated heterocycles. The van der Waals surface area contributed by atoms with E-state index in [1.54, 1.807) is 11.8 Å². The number of carboxylic acid groups (broad SMARTS) is 1. The third-order valence-corrected chi connectivity index (χ3v) is 5.93. The molecule has 5 N–H and O–H groups in total. The minimum atomic E-state index is -1.13. The number of likely N-dealkylation sites (tertiary alicyclic amines) is 2. The first kappa shape index (κ1) is 27.8. The largest absolute Gasteiger partial charge is 0.480 e. The smallest absolute Gasteiger partial charge is 0.329 e. The van der Waals surface area contributed by atoms with Crippen molar-refractivity contribution in [3.63, 3.8) is 0 Å². The summed E-state index contributed by atoms with van der Waals surface area (Å²) >= 11 is 0. The van der Waals surface area contributed by atoms with Crippen LogP contribution >= 0.6 is 0 Å². The number of nitrogens with two attached hydrogens (primary N) is 2. The van der Waals surface area contributed by atoms with Gasteiger partial charge in [0.05, 0.1) is 19.2 Å². The van der Waals surface area contributed by atoms with E-state index in [1.807, 2.05) is 27.7 Å². The Kier molecular flexibility index (Phi) is 10.1. The Bertz CT molecular complexity index is 696. The summed E-state index contributed by atoms with van der Waals surface area (Å²) < 4.78 is 4.74. The number of esters is 1. The Morgan fingerprint density at radius 3 is 1.94 bits per heavy atom. The molecule has 10 heteroatoms. The van der Waals surface area contributed by atoms with E-state index in [0.29, 0.717) is 44.7 Å². The Balaban J connectivity index is 0.000000320. The number of carboxylic acids is 1. The van der Waals surface area contributed by atoms with Crippen molar-refractivity contribution in [3.05, 3.63) is 0 Å². The molecular formula is C22H40N4O6. The van der Waals surface area contributed by atoms with Crippen molar-refractivity contribution in [2.24, 2.45) is 23.3 Å². The number of amides is 2. The van der Waals surface area contributed by atoms with Crippen molar-refractivity contribution in [1.82, 2.24) is 9.80 Å². The average molecular weight is 457 g/mol. The van der Waals surface area contributed by atoms with Gasteiger partial charge in [0.2, 0.25) is 11.8 Å². The number of carbonyl (C=O) groups is 4. The van der Waals surface area contributed by atoms with E-state index in [4.69, 9.17) is 16.2 Å². The number of nitrogens with zero attached hydrogens (tertiary/aromatic N) is 2. The Labute approximate surface area is 190 Å². The fourth-order valence-electron chi connectivity index (χ4n) is 4.27. The summed E-state index contributed by atoms with van der Waals surface area (Å²) in [5.41, 5.74) is 10.1. The number of hydrogen-bond acceptors (Lipinski definition) is 7. The quantitative estimate of drug-likeness (QED) is 0.448. The Morgan fingerprint density at radius 2 is 1.59 bits per heavy atom. The molecule has 0 saturated carbocycles. The molecule has 2 heterocycles. The second kappa shape index (κ2) is 11.6. The highest BCUT2D eigenvalue weighted by molar-refractivity contribution is 5.91. The summed E-state index contributed by atoms with van der Waals surface area (Å²) in [5, 5.41) is 9.31. The summed E-state index contributed by atoms with van der Waals surface area (Å²) in [4.78, 5) is 49.5. The van der Waals surface area contributed by atoms with Crippen LogP contribution in [0.5, 0.6) is 0 Å². The van der Waals surface area contributed by atoms with Crippen LogP contribution in [0.3, 0.4) is 0 Å². The van der Waals surface area contributed by atoms with Gasteiger partial charge in [-0.05, 0) is 44.4 Å². The number of rotatable bonds is 8. The van der Waals surface area contributed by atoms with Crippen LogP contribution in [0.15, 0.2) is 0 Å². The number of carbonyl (C=O) groups excluding carboxylic acids is 3. The highest BCUT2D eigenvalue weighted by Gasteiger charge is 2.46. The molecule has 0 aromatic rings. The predicted molar refractivity (Wildman–Crippen MR) is 119 cm³/mol. The zero-order valence-corrected chi connectivity index (χ0v) is 20.2. The lowest BCUT2D eigenvalue weighted by Crippen LogP contribution is -2.55. The molecule has 0 aromatic carbocycles. The second-order valence-electron chi connectivity index (χ2n) is 9.66. The van der Waals surface area contributed by atoms with Crippen molar-refractivity contribution in [2.45, 2.75) is 84.0 Å². The summed E-state index contributed by atoms with van der Waals surface area (Å²) in [6, 6.07) is -1.48. The highest BCUT2D eigenvalue weighted by atomic mass is 16.5. The number of methoxy groups -OCH3 is 1. The van der Waals surface area contributed by atoms with Gasteiger partial charge in [-0.2, -0.15) is 0 Å². The molecular weight excluding hydrogens is 416 g/mol. The average Bonchev–Trinajstić information content (AvgIpc) is 3.21. The monoisotopic (exact) mass is 456 g/mol. The van der Waals surface area contributed by atoms with E-state index < -0.39 is 29.6 Å². The van der Waals surface area contributed by atoms with E-state index in [2.05, 4.69) is 0 Å². The molecule has 0 unspecified atom stereocenters. The van der Waals surface area contributed by atoms with Crippen LogP contribution in [-0.4, -0.2) is 82.5 Å². The van der Waals surface area contributed by atoms with Crippen LogP contribution in [0.25, 0.3) is 0 Å². The first-order valence-corrected chi connectivity index (χ1v) is 11.2. The fourth-order valence-corrected chi connectivity index (χ4v) is 4.27. The van der Waals surface area contributed by atoms with Gasteiger partial charge in [-0.15, -0.1) is 0 Å². The third kappa shape index (κ3) is 6.65. The molecule has 32 heavy (non-hydrogen) atoms. The molecule has 184 valence electrons. The van der Waals surface area contributed by atoms with Gasteiger partial charge in [-0.25, -0.2) is 9.59 Å². The normalized spacial score (nSPS) is 23.8. The minimum absolute atomic E-state index is 0.143. The van der Waals surface area contributed by atoms with Gasteiger partial charge in [0, 0.05) is 13.1 Å². The summed E-state index contributed by atoms with van der Waals surface area (Å²) in [6.45, 7) is 10.5. The zero-order chi connectivity index (χ0) is 24.8. The van der Waals surface area contributed by atoms with Gasteiger partial charge in [0.25, 0.3) is 0 Å². The van der Waals surface area contributed by atoms with E-state index in [1.165, 1.54) is 12.0 Å². The van der Waals surface area contributed by atoms with Crippen molar-refractivity contribution < 1.29 is 29.0 Å². The SMILES string of the molecule is CC(C)C[C@@](C)(C(=O)O)N1CC[C@@H](N)C1=O.COC(=O)[C@H](CC(C)C)N1CC[C@@H](N)C1=O. The molecule has 2 amide bonds. The standard InChI is InChI=1S/2C11H20N2O3/c1-7(2)6-11(3,10(15)16)13-5-4-8(12)9(13)14;1-7(2)6-9(11(15)16-3)13-5-4-8(12)10(13)14/h7-8H,4-6,12H2,1-3H3,(H,15,16);7-9H,4-6,12H2,1-3H3/t8-,11+;8-,9+/m11/s1.